The molecule has 0 aliphatic carbocycles. The Morgan fingerprint density at radius 1 is 1.27 bits per heavy atom. The molecule has 0 radical (unpaired) electrons. The summed E-state index contributed by atoms with van der Waals surface area (Å²) in [4.78, 5) is 23.6. The highest BCUT2D eigenvalue weighted by molar-refractivity contribution is 5.89. The van der Waals surface area contributed by atoms with Crippen LogP contribution >= 0.6 is 0 Å². The van der Waals surface area contributed by atoms with Gasteiger partial charge in [-0.3, -0.25) is 9.48 Å². The number of methoxy groups -OCH3 is 1. The molecule has 1 N–H and O–H groups in total. The van der Waals surface area contributed by atoms with E-state index in [-0.39, 0.29) is 12.5 Å². The number of carbonyl (C=O) groups is 2. The van der Waals surface area contributed by atoms with Gasteiger partial charge in [0.25, 0.3) is 5.91 Å². The molecule has 0 spiro atoms. The number of benzene rings is 1. The zero-order valence-corrected chi connectivity index (χ0v) is 15.4. The lowest BCUT2D eigenvalue weighted by Gasteiger charge is -2.09. The zero-order chi connectivity index (χ0) is 19.1. The van der Waals surface area contributed by atoms with Crippen LogP contribution in [0.5, 0.6) is 5.75 Å². The average Bonchev–Trinajstić information content (AvgIpc) is 2.88. The van der Waals surface area contributed by atoms with Crippen molar-refractivity contribution >= 4 is 18.0 Å². The summed E-state index contributed by atoms with van der Waals surface area (Å²) in [5, 5.41) is 6.96. The van der Waals surface area contributed by atoms with Crippen LogP contribution in [-0.2, 0) is 27.9 Å². The molecule has 7 nitrogen and oxygen atoms in total. The SMILES string of the molecule is COc1ccccc1CNC(=O)COC(=O)/C=C/c1c(C)nn(C)c1C. The van der Waals surface area contributed by atoms with Gasteiger partial charge in [0.15, 0.2) is 6.61 Å². The molecule has 1 heterocycles. The molecule has 1 aromatic heterocycles. The molecule has 2 rings (SSSR count). The lowest BCUT2D eigenvalue weighted by atomic mass is 10.2. The molecule has 138 valence electrons. The first-order chi connectivity index (χ1) is 12.4. The number of aromatic nitrogens is 2. The van der Waals surface area contributed by atoms with Crippen LogP contribution in [0.15, 0.2) is 30.3 Å². The summed E-state index contributed by atoms with van der Waals surface area (Å²) in [6.07, 6.45) is 2.94. The first-order valence-corrected chi connectivity index (χ1v) is 8.16. The molecule has 0 saturated carbocycles. The molecule has 0 aliphatic heterocycles. The predicted molar refractivity (Wildman–Crippen MR) is 97.5 cm³/mol. The van der Waals surface area contributed by atoms with E-state index in [0.29, 0.717) is 12.3 Å². The Bertz CT molecular complexity index is 824. The van der Waals surface area contributed by atoms with E-state index in [1.807, 2.05) is 45.2 Å². The molecule has 7 heteroatoms. The summed E-state index contributed by atoms with van der Waals surface area (Å²) in [5.74, 6) is -0.276. The number of aryl methyl sites for hydroxylation is 2. The molecule has 1 aromatic carbocycles. The van der Waals surface area contributed by atoms with E-state index >= 15 is 0 Å². The minimum absolute atomic E-state index is 0.296. The summed E-state index contributed by atoms with van der Waals surface area (Å²) < 4.78 is 11.9. The van der Waals surface area contributed by atoms with Crippen molar-refractivity contribution in [2.75, 3.05) is 13.7 Å². The molecule has 0 unspecified atom stereocenters. The van der Waals surface area contributed by atoms with Crippen LogP contribution in [-0.4, -0.2) is 35.4 Å². The molecule has 0 saturated heterocycles. The first kappa shape index (κ1) is 19.2. The van der Waals surface area contributed by atoms with E-state index in [1.165, 1.54) is 6.08 Å². The Balaban J connectivity index is 1.81. The molecule has 0 fully saturated rings. The monoisotopic (exact) mass is 357 g/mol. The van der Waals surface area contributed by atoms with E-state index in [4.69, 9.17) is 9.47 Å². The number of hydrogen-bond donors (Lipinski definition) is 1. The second kappa shape index (κ2) is 8.84. The van der Waals surface area contributed by atoms with Gasteiger partial charge < -0.3 is 14.8 Å². The van der Waals surface area contributed by atoms with Gasteiger partial charge in [-0.15, -0.1) is 0 Å². The van der Waals surface area contributed by atoms with Gasteiger partial charge in [0.05, 0.1) is 12.8 Å². The quantitative estimate of drug-likeness (QED) is 0.605. The fraction of sp³-hybridized carbons (Fsp3) is 0.316. The number of carbonyl (C=O) groups excluding carboxylic acids is 2. The van der Waals surface area contributed by atoms with E-state index in [9.17, 15) is 9.59 Å². The third kappa shape index (κ3) is 4.95. The summed E-state index contributed by atoms with van der Waals surface area (Å²) >= 11 is 0. The number of nitrogens with one attached hydrogen (secondary N) is 1. The van der Waals surface area contributed by atoms with Crippen LogP contribution in [0.3, 0.4) is 0 Å². The molecule has 0 aliphatic rings. The lowest BCUT2D eigenvalue weighted by Crippen LogP contribution is -2.28. The number of amides is 1. The Morgan fingerprint density at radius 3 is 2.65 bits per heavy atom. The molecule has 1 amide bonds. The minimum atomic E-state index is -0.583. The molecular formula is C19H23N3O4. The van der Waals surface area contributed by atoms with Crippen molar-refractivity contribution in [3.8, 4) is 5.75 Å². The topological polar surface area (TPSA) is 82.4 Å². The van der Waals surface area contributed by atoms with Crippen molar-refractivity contribution in [3.63, 3.8) is 0 Å². The highest BCUT2D eigenvalue weighted by Crippen LogP contribution is 2.16. The molecule has 26 heavy (non-hydrogen) atoms. The largest absolute Gasteiger partial charge is 0.496 e. The van der Waals surface area contributed by atoms with Gasteiger partial charge in [-0.05, 0) is 26.0 Å². The average molecular weight is 357 g/mol. The molecule has 2 aromatic rings. The minimum Gasteiger partial charge on any atom is -0.496 e. The van der Waals surface area contributed by atoms with Gasteiger partial charge >= 0.3 is 5.97 Å². The smallest absolute Gasteiger partial charge is 0.331 e. The maximum Gasteiger partial charge on any atom is 0.331 e. The van der Waals surface area contributed by atoms with E-state index in [0.717, 1.165) is 22.5 Å². The third-order valence-electron chi connectivity index (χ3n) is 3.97. The molecule has 0 atom stereocenters. The maximum absolute atomic E-state index is 11.8. The van der Waals surface area contributed by atoms with Crippen LogP contribution in [0.4, 0.5) is 0 Å². The number of esters is 1. The van der Waals surface area contributed by atoms with Crippen molar-refractivity contribution in [3.05, 3.63) is 52.9 Å². The van der Waals surface area contributed by atoms with Crippen molar-refractivity contribution in [1.82, 2.24) is 15.1 Å². The second-order valence-corrected chi connectivity index (χ2v) is 5.74. The number of nitrogens with zero attached hydrogens (tertiary/aromatic N) is 2. The lowest BCUT2D eigenvalue weighted by molar-refractivity contribution is -0.143. The standard InChI is InChI=1S/C19H23N3O4/c1-13-16(14(2)22(3)21-13)9-10-19(24)26-12-18(23)20-11-15-7-5-6-8-17(15)25-4/h5-10H,11-12H2,1-4H3,(H,20,23)/b10-9+. The van der Waals surface area contributed by atoms with Gasteiger partial charge in [0.2, 0.25) is 0 Å². The van der Waals surface area contributed by atoms with Crippen molar-refractivity contribution in [2.45, 2.75) is 20.4 Å². The third-order valence-corrected chi connectivity index (χ3v) is 3.97. The van der Waals surface area contributed by atoms with E-state index in [1.54, 1.807) is 17.9 Å². The van der Waals surface area contributed by atoms with Gasteiger partial charge in [-0.2, -0.15) is 5.10 Å². The van der Waals surface area contributed by atoms with E-state index in [2.05, 4.69) is 10.4 Å². The summed E-state index contributed by atoms with van der Waals surface area (Å²) in [6.45, 7) is 3.73. The molecular weight excluding hydrogens is 334 g/mol. The maximum atomic E-state index is 11.8. The number of rotatable bonds is 7. The zero-order valence-electron chi connectivity index (χ0n) is 15.4. The predicted octanol–water partition coefficient (Wildman–Crippen LogP) is 1.92. The van der Waals surface area contributed by atoms with Gasteiger partial charge in [0, 0.05) is 36.5 Å². The second-order valence-electron chi connectivity index (χ2n) is 5.74. The Hall–Kier alpha value is -3.09. The fourth-order valence-corrected chi connectivity index (χ4v) is 2.46. The summed E-state index contributed by atoms with van der Waals surface area (Å²) in [6, 6.07) is 7.38. The molecule has 0 bridgehead atoms. The van der Waals surface area contributed by atoms with Gasteiger partial charge in [-0.1, -0.05) is 18.2 Å². The van der Waals surface area contributed by atoms with Crippen LogP contribution in [0.2, 0.25) is 0 Å². The van der Waals surface area contributed by atoms with Crippen LogP contribution in [0, 0.1) is 13.8 Å². The van der Waals surface area contributed by atoms with Gasteiger partial charge in [0.1, 0.15) is 5.75 Å². The van der Waals surface area contributed by atoms with Crippen molar-refractivity contribution < 1.29 is 19.1 Å². The normalized spacial score (nSPS) is 10.8. The van der Waals surface area contributed by atoms with Crippen LogP contribution in [0.1, 0.15) is 22.5 Å². The summed E-state index contributed by atoms with van der Waals surface area (Å²) in [5.41, 5.74) is 3.48. The number of hydrogen-bond acceptors (Lipinski definition) is 5. The van der Waals surface area contributed by atoms with Crippen molar-refractivity contribution in [2.24, 2.45) is 7.05 Å². The van der Waals surface area contributed by atoms with Crippen LogP contribution in [0.25, 0.3) is 6.08 Å². The van der Waals surface area contributed by atoms with Crippen molar-refractivity contribution in [1.29, 1.82) is 0 Å². The Kier molecular flexibility index (Phi) is 6.54. The summed E-state index contributed by atoms with van der Waals surface area (Å²) in [7, 11) is 3.41. The fourth-order valence-electron chi connectivity index (χ4n) is 2.46. The highest BCUT2D eigenvalue weighted by atomic mass is 16.5. The van der Waals surface area contributed by atoms with E-state index < -0.39 is 5.97 Å². The Morgan fingerprint density at radius 2 is 2.00 bits per heavy atom. The van der Waals surface area contributed by atoms with Gasteiger partial charge in [-0.25, -0.2) is 4.79 Å². The first-order valence-electron chi connectivity index (χ1n) is 8.16. The number of ether oxygens (including phenoxy) is 2. The Labute approximate surface area is 152 Å². The van der Waals surface area contributed by atoms with Crippen LogP contribution < -0.4 is 10.1 Å². The highest BCUT2D eigenvalue weighted by Gasteiger charge is 2.09. The number of para-hydroxylation sites is 1.